The van der Waals surface area contributed by atoms with Crippen molar-refractivity contribution in [2.24, 2.45) is 10.2 Å². The second-order valence-corrected chi connectivity index (χ2v) is 10.3. The number of benzene rings is 3. The lowest BCUT2D eigenvalue weighted by Gasteiger charge is -2.05. The number of nitrogens with one attached hydrogen (secondary N) is 1. The standard InChI is InChI=1S/C12H14BrN5O.C12H10N2O5S/c1-8-16-17(9(2)18(8)14)7-12(19)15-11-5-3-10(13)4-6-11;15-9-3-6-11(12(16)7-9)14-13-8-1-4-10(5-2-8)20(17,18)19/h3-6H,7,14H2,1-2H3;1-7,15-16H,(H,17,18,19). The number of phenols is 2. The molecule has 0 aliphatic carbocycles. The Hall–Kier alpha value is -4.34. The number of nitrogen functional groups attached to an aromatic ring is 1. The van der Waals surface area contributed by atoms with Gasteiger partial charge in [0.2, 0.25) is 0 Å². The zero-order chi connectivity index (χ0) is 28.7. The third-order valence-corrected chi connectivity index (χ3v) is 6.49. The SMILES string of the molecule is Cc1nn(CC(=O)Nc2ccc(Br)cc2)c(C)[n+]1N.O=S(=O)([O-])c1ccc(N=Nc2ccc(O)cc2O)cc1. The molecule has 1 heterocycles. The van der Waals surface area contributed by atoms with Crippen molar-refractivity contribution < 1.29 is 32.7 Å². The molecule has 1 amide bonds. The maximum Gasteiger partial charge on any atom is 0.295 e. The molecule has 4 aromatic rings. The number of nitrogens with zero attached hydrogens (tertiary/aromatic N) is 5. The van der Waals surface area contributed by atoms with Crippen LogP contribution in [0.15, 0.2) is 86.3 Å². The normalized spacial score (nSPS) is 11.2. The fourth-order valence-corrected chi connectivity index (χ4v) is 3.79. The summed E-state index contributed by atoms with van der Waals surface area (Å²) < 4.78 is 36.2. The van der Waals surface area contributed by atoms with Crippen molar-refractivity contribution in [2.75, 3.05) is 11.2 Å². The van der Waals surface area contributed by atoms with Crippen LogP contribution >= 0.6 is 15.9 Å². The Kier molecular flexibility index (Phi) is 9.34. The molecule has 0 atom stereocenters. The van der Waals surface area contributed by atoms with Crippen LogP contribution in [0.1, 0.15) is 11.6 Å². The van der Waals surface area contributed by atoms with Gasteiger partial charge in [-0.25, -0.2) is 8.42 Å². The van der Waals surface area contributed by atoms with Gasteiger partial charge >= 0.3 is 0 Å². The molecule has 0 saturated heterocycles. The first-order valence-corrected chi connectivity index (χ1v) is 13.3. The van der Waals surface area contributed by atoms with Gasteiger partial charge in [-0.15, -0.1) is 14.5 Å². The van der Waals surface area contributed by atoms with E-state index in [4.69, 9.17) is 10.9 Å². The molecule has 4 rings (SSSR count). The van der Waals surface area contributed by atoms with Crippen LogP contribution in [-0.4, -0.2) is 38.9 Å². The predicted octanol–water partition coefficient (Wildman–Crippen LogP) is 3.32. The van der Waals surface area contributed by atoms with E-state index in [0.717, 1.165) is 34.2 Å². The average Bonchev–Trinajstić information content (AvgIpc) is 3.11. The summed E-state index contributed by atoms with van der Waals surface area (Å²) in [4.78, 5) is 11.5. The molecular weight excluding hydrogens is 594 g/mol. The number of aromatic nitrogens is 3. The predicted molar refractivity (Wildman–Crippen MR) is 143 cm³/mol. The second kappa shape index (κ2) is 12.5. The summed E-state index contributed by atoms with van der Waals surface area (Å²) in [6.45, 7) is 3.73. The minimum Gasteiger partial charge on any atom is -0.744 e. The van der Waals surface area contributed by atoms with Gasteiger partial charge in [0.25, 0.3) is 17.6 Å². The van der Waals surface area contributed by atoms with E-state index in [-0.39, 0.29) is 34.5 Å². The third kappa shape index (κ3) is 8.33. The minimum atomic E-state index is -4.49. The number of aryl methyl sites for hydroxylation is 1. The summed E-state index contributed by atoms with van der Waals surface area (Å²) in [6.07, 6.45) is 0. The Labute approximate surface area is 232 Å². The molecule has 0 saturated carbocycles. The minimum absolute atomic E-state index is 0.105. The molecule has 0 fully saturated rings. The number of anilines is 1. The van der Waals surface area contributed by atoms with Gasteiger partial charge in [0, 0.05) is 35.2 Å². The summed E-state index contributed by atoms with van der Waals surface area (Å²) in [6, 6.07) is 16.1. The maximum absolute atomic E-state index is 11.9. The van der Waals surface area contributed by atoms with E-state index in [9.17, 15) is 22.9 Å². The highest BCUT2D eigenvalue weighted by Crippen LogP contribution is 2.31. The first-order valence-electron chi connectivity index (χ1n) is 11.1. The lowest BCUT2D eigenvalue weighted by molar-refractivity contribution is -0.652. The monoisotopic (exact) mass is 617 g/mol. The van der Waals surface area contributed by atoms with E-state index in [0.29, 0.717) is 11.5 Å². The molecule has 39 heavy (non-hydrogen) atoms. The molecule has 1 aromatic heterocycles. The van der Waals surface area contributed by atoms with E-state index in [1.54, 1.807) is 11.6 Å². The van der Waals surface area contributed by atoms with Crippen LogP contribution in [0.25, 0.3) is 0 Å². The topological polar surface area (TPSA) is 199 Å². The number of rotatable bonds is 6. The van der Waals surface area contributed by atoms with Crippen molar-refractivity contribution in [1.29, 1.82) is 0 Å². The Bertz CT molecular complexity index is 1610. The Balaban J connectivity index is 0.000000216. The smallest absolute Gasteiger partial charge is 0.295 e. The fourth-order valence-electron chi connectivity index (χ4n) is 3.06. The largest absolute Gasteiger partial charge is 0.744 e. The summed E-state index contributed by atoms with van der Waals surface area (Å²) in [5.41, 5.74) is 1.20. The van der Waals surface area contributed by atoms with Crippen LogP contribution < -0.4 is 15.8 Å². The number of azo groups is 1. The Morgan fingerprint density at radius 1 is 1.08 bits per heavy atom. The molecule has 3 aromatic carbocycles. The van der Waals surface area contributed by atoms with Crippen LogP contribution in [0.3, 0.4) is 0 Å². The summed E-state index contributed by atoms with van der Waals surface area (Å²) in [7, 11) is -4.49. The number of carbonyl (C=O) groups is 1. The van der Waals surface area contributed by atoms with Crippen molar-refractivity contribution in [1.82, 2.24) is 9.78 Å². The maximum atomic E-state index is 11.9. The molecule has 0 aliphatic rings. The molecule has 0 bridgehead atoms. The van der Waals surface area contributed by atoms with E-state index >= 15 is 0 Å². The van der Waals surface area contributed by atoms with Crippen LogP contribution in [0.5, 0.6) is 11.5 Å². The Morgan fingerprint density at radius 3 is 2.26 bits per heavy atom. The summed E-state index contributed by atoms with van der Waals surface area (Å²) in [5.74, 6) is 6.64. The number of hydrogen-bond donors (Lipinski definition) is 4. The molecular formula is C24H24BrN7O6S. The van der Waals surface area contributed by atoms with Gasteiger partial charge < -0.3 is 20.1 Å². The lowest BCUT2D eigenvalue weighted by atomic mass is 10.3. The number of aromatic hydroxyl groups is 2. The van der Waals surface area contributed by atoms with Crippen molar-refractivity contribution in [3.05, 3.63) is 82.9 Å². The number of hydrogen-bond acceptors (Lipinski definition) is 10. The molecule has 0 spiro atoms. The lowest BCUT2D eigenvalue weighted by Crippen LogP contribution is -2.48. The number of halogens is 1. The van der Waals surface area contributed by atoms with E-state index in [1.165, 1.54) is 28.9 Å². The van der Waals surface area contributed by atoms with Crippen molar-refractivity contribution in [3.63, 3.8) is 0 Å². The number of phenolic OH excluding ortho intramolecular Hbond substituents is 2. The first kappa shape index (κ1) is 29.2. The van der Waals surface area contributed by atoms with E-state index in [2.05, 4.69) is 36.6 Å². The summed E-state index contributed by atoms with van der Waals surface area (Å²) >= 11 is 3.34. The Morgan fingerprint density at radius 2 is 1.72 bits per heavy atom. The van der Waals surface area contributed by atoms with Gasteiger partial charge in [-0.2, -0.15) is 5.11 Å². The zero-order valence-electron chi connectivity index (χ0n) is 20.7. The number of nitrogens with two attached hydrogens (primary N) is 1. The third-order valence-electron chi connectivity index (χ3n) is 5.12. The highest BCUT2D eigenvalue weighted by Gasteiger charge is 2.19. The van der Waals surface area contributed by atoms with Crippen molar-refractivity contribution in [2.45, 2.75) is 25.3 Å². The van der Waals surface area contributed by atoms with Gasteiger partial charge in [-0.1, -0.05) is 15.9 Å². The average molecular weight is 618 g/mol. The highest BCUT2D eigenvalue weighted by molar-refractivity contribution is 9.10. The van der Waals surface area contributed by atoms with Gasteiger partial charge in [0.1, 0.15) is 27.3 Å². The molecule has 0 unspecified atom stereocenters. The highest BCUT2D eigenvalue weighted by atomic mass is 79.9. The first-order chi connectivity index (χ1) is 18.3. The quantitative estimate of drug-likeness (QED) is 0.109. The second-order valence-electron chi connectivity index (χ2n) is 8.00. The fraction of sp³-hybridized carbons (Fsp3) is 0.125. The molecule has 0 radical (unpaired) electrons. The summed E-state index contributed by atoms with van der Waals surface area (Å²) in [5, 5.41) is 33.1. The molecule has 15 heteroatoms. The van der Waals surface area contributed by atoms with Crippen LogP contribution in [0, 0.1) is 13.8 Å². The van der Waals surface area contributed by atoms with Crippen LogP contribution in [0.2, 0.25) is 0 Å². The number of carbonyl (C=O) groups excluding carboxylic acids is 1. The molecule has 5 N–H and O–H groups in total. The molecule has 0 aliphatic heterocycles. The van der Waals surface area contributed by atoms with Crippen LogP contribution in [0.4, 0.5) is 17.1 Å². The van der Waals surface area contributed by atoms with Gasteiger partial charge in [-0.05, 0) is 60.7 Å². The van der Waals surface area contributed by atoms with E-state index in [1.807, 2.05) is 31.2 Å². The van der Waals surface area contributed by atoms with Gasteiger partial charge in [0.15, 0.2) is 6.54 Å². The van der Waals surface area contributed by atoms with Crippen molar-refractivity contribution in [3.8, 4) is 11.5 Å². The van der Waals surface area contributed by atoms with Gasteiger partial charge in [0.05, 0.1) is 10.6 Å². The molecule has 13 nitrogen and oxygen atoms in total. The van der Waals surface area contributed by atoms with Gasteiger partial charge in [-0.3, -0.25) is 10.6 Å². The zero-order valence-corrected chi connectivity index (χ0v) is 23.1. The number of amides is 1. The van der Waals surface area contributed by atoms with E-state index < -0.39 is 10.1 Å². The van der Waals surface area contributed by atoms with Crippen LogP contribution in [-0.2, 0) is 21.5 Å². The molecule has 204 valence electrons. The van der Waals surface area contributed by atoms with Crippen molar-refractivity contribution >= 4 is 49.0 Å².